The SMILES string of the molecule is N#C/C(=C/N1CCC(Cc2ccccc2)CC1)C(=O)NC1CCCC1. The van der Waals surface area contributed by atoms with Gasteiger partial charge in [-0.05, 0) is 43.6 Å². The lowest BCUT2D eigenvalue weighted by Gasteiger charge is -2.31. The monoisotopic (exact) mass is 337 g/mol. The lowest BCUT2D eigenvalue weighted by molar-refractivity contribution is -0.117. The van der Waals surface area contributed by atoms with Gasteiger partial charge >= 0.3 is 0 Å². The fourth-order valence-corrected chi connectivity index (χ4v) is 3.89. The van der Waals surface area contributed by atoms with Crippen molar-refractivity contribution in [1.29, 1.82) is 5.26 Å². The topological polar surface area (TPSA) is 56.1 Å². The molecule has 25 heavy (non-hydrogen) atoms. The van der Waals surface area contributed by atoms with E-state index in [0.29, 0.717) is 5.92 Å². The molecule has 0 unspecified atom stereocenters. The molecular formula is C21H27N3O. The Bertz CT molecular complexity index is 633. The van der Waals surface area contributed by atoms with E-state index < -0.39 is 0 Å². The van der Waals surface area contributed by atoms with Crippen LogP contribution in [-0.4, -0.2) is 29.9 Å². The van der Waals surface area contributed by atoms with Crippen molar-refractivity contribution in [3.05, 3.63) is 47.7 Å². The van der Waals surface area contributed by atoms with Gasteiger partial charge in [-0.2, -0.15) is 5.26 Å². The van der Waals surface area contributed by atoms with Crippen LogP contribution in [0.15, 0.2) is 42.1 Å². The molecule has 0 spiro atoms. The minimum Gasteiger partial charge on any atom is -0.376 e. The second-order valence-corrected chi connectivity index (χ2v) is 7.28. The van der Waals surface area contributed by atoms with E-state index in [0.717, 1.165) is 45.2 Å². The summed E-state index contributed by atoms with van der Waals surface area (Å²) in [7, 11) is 0. The van der Waals surface area contributed by atoms with Gasteiger partial charge in [-0.3, -0.25) is 4.79 Å². The molecule has 4 nitrogen and oxygen atoms in total. The molecule has 1 aromatic carbocycles. The lowest BCUT2D eigenvalue weighted by atomic mass is 9.90. The second kappa shape index (κ2) is 8.71. The largest absolute Gasteiger partial charge is 0.376 e. The number of nitriles is 1. The maximum Gasteiger partial charge on any atom is 0.263 e. The third-order valence-electron chi connectivity index (χ3n) is 5.38. The summed E-state index contributed by atoms with van der Waals surface area (Å²) in [5.74, 6) is 0.478. The maximum atomic E-state index is 12.3. The Morgan fingerprint density at radius 2 is 1.84 bits per heavy atom. The van der Waals surface area contributed by atoms with Gasteiger partial charge in [-0.1, -0.05) is 43.2 Å². The first-order chi connectivity index (χ1) is 12.2. The molecule has 1 N–H and O–H groups in total. The summed E-state index contributed by atoms with van der Waals surface area (Å²) in [6, 6.07) is 12.9. The number of amides is 1. The fraction of sp³-hybridized carbons (Fsp3) is 0.524. The van der Waals surface area contributed by atoms with Crippen molar-refractivity contribution in [3.8, 4) is 6.07 Å². The number of hydrogen-bond donors (Lipinski definition) is 1. The van der Waals surface area contributed by atoms with E-state index in [4.69, 9.17) is 0 Å². The van der Waals surface area contributed by atoms with Crippen molar-refractivity contribution in [3.63, 3.8) is 0 Å². The van der Waals surface area contributed by atoms with E-state index in [-0.39, 0.29) is 17.5 Å². The molecule has 1 aromatic rings. The third-order valence-corrected chi connectivity index (χ3v) is 5.38. The Labute approximate surface area is 150 Å². The number of nitrogens with zero attached hydrogens (tertiary/aromatic N) is 2. The fourth-order valence-electron chi connectivity index (χ4n) is 3.89. The summed E-state index contributed by atoms with van der Waals surface area (Å²) in [4.78, 5) is 14.4. The highest BCUT2D eigenvalue weighted by atomic mass is 16.1. The molecule has 1 amide bonds. The smallest absolute Gasteiger partial charge is 0.263 e. The van der Waals surface area contributed by atoms with E-state index in [9.17, 15) is 10.1 Å². The van der Waals surface area contributed by atoms with Crippen LogP contribution in [0.25, 0.3) is 0 Å². The maximum absolute atomic E-state index is 12.3. The predicted octanol–water partition coefficient (Wildman–Crippen LogP) is 3.41. The summed E-state index contributed by atoms with van der Waals surface area (Å²) < 4.78 is 0. The molecule has 2 fully saturated rings. The van der Waals surface area contributed by atoms with Crippen LogP contribution in [0, 0.1) is 17.2 Å². The molecule has 0 bridgehead atoms. The Morgan fingerprint density at radius 1 is 1.16 bits per heavy atom. The van der Waals surface area contributed by atoms with Gasteiger partial charge in [-0.25, -0.2) is 0 Å². The first kappa shape index (κ1) is 17.5. The van der Waals surface area contributed by atoms with E-state index in [1.165, 1.54) is 18.4 Å². The predicted molar refractivity (Wildman–Crippen MR) is 98.5 cm³/mol. The average molecular weight is 337 g/mol. The van der Waals surface area contributed by atoms with E-state index in [1.807, 2.05) is 0 Å². The summed E-state index contributed by atoms with van der Waals surface area (Å²) in [5, 5.41) is 12.3. The molecule has 0 atom stereocenters. The van der Waals surface area contributed by atoms with Crippen molar-refractivity contribution in [2.45, 2.75) is 51.0 Å². The van der Waals surface area contributed by atoms with Crippen LogP contribution in [0.1, 0.15) is 44.1 Å². The molecule has 3 rings (SSSR count). The minimum absolute atomic E-state index is 0.208. The molecule has 132 valence electrons. The Hall–Kier alpha value is -2.28. The molecule has 1 aliphatic carbocycles. The number of carbonyl (C=O) groups is 1. The Morgan fingerprint density at radius 3 is 2.48 bits per heavy atom. The first-order valence-corrected chi connectivity index (χ1v) is 9.45. The van der Waals surface area contributed by atoms with Gasteiger partial charge in [0, 0.05) is 25.3 Å². The Kier molecular flexibility index (Phi) is 6.11. The second-order valence-electron chi connectivity index (χ2n) is 7.28. The molecular weight excluding hydrogens is 310 g/mol. The lowest BCUT2D eigenvalue weighted by Crippen LogP contribution is -2.35. The standard InChI is InChI=1S/C21H27N3O/c22-15-19(21(25)23-20-8-4-5-9-20)16-24-12-10-18(11-13-24)14-17-6-2-1-3-7-17/h1-3,6-7,16,18,20H,4-5,8-14H2,(H,23,25)/b19-16-. The zero-order chi connectivity index (χ0) is 17.5. The van der Waals surface area contributed by atoms with Crippen LogP contribution in [0.2, 0.25) is 0 Å². The third kappa shape index (κ3) is 5.09. The van der Waals surface area contributed by atoms with Crippen LogP contribution in [-0.2, 0) is 11.2 Å². The summed E-state index contributed by atoms with van der Waals surface area (Å²) in [6.45, 7) is 1.83. The van der Waals surface area contributed by atoms with Crippen molar-refractivity contribution in [2.24, 2.45) is 5.92 Å². The van der Waals surface area contributed by atoms with Crippen LogP contribution < -0.4 is 5.32 Å². The van der Waals surface area contributed by atoms with Crippen LogP contribution >= 0.6 is 0 Å². The zero-order valence-corrected chi connectivity index (χ0v) is 14.8. The van der Waals surface area contributed by atoms with Gasteiger partial charge in [0.15, 0.2) is 0 Å². The highest BCUT2D eigenvalue weighted by molar-refractivity contribution is 5.97. The van der Waals surface area contributed by atoms with Crippen LogP contribution in [0.5, 0.6) is 0 Å². The van der Waals surface area contributed by atoms with E-state index in [1.54, 1.807) is 6.20 Å². The molecule has 0 aromatic heterocycles. The first-order valence-electron chi connectivity index (χ1n) is 9.45. The summed E-state index contributed by atoms with van der Waals surface area (Å²) >= 11 is 0. The van der Waals surface area contributed by atoms with Gasteiger partial charge in [-0.15, -0.1) is 0 Å². The van der Waals surface area contributed by atoms with Crippen molar-refractivity contribution in [1.82, 2.24) is 10.2 Å². The van der Waals surface area contributed by atoms with Gasteiger partial charge < -0.3 is 10.2 Å². The highest BCUT2D eigenvalue weighted by Crippen LogP contribution is 2.22. The van der Waals surface area contributed by atoms with Gasteiger partial charge in [0.2, 0.25) is 0 Å². The number of likely N-dealkylation sites (tertiary alicyclic amines) is 1. The van der Waals surface area contributed by atoms with Crippen molar-refractivity contribution in [2.75, 3.05) is 13.1 Å². The molecule has 1 aliphatic heterocycles. The van der Waals surface area contributed by atoms with E-state index >= 15 is 0 Å². The quantitative estimate of drug-likeness (QED) is 0.662. The molecule has 1 saturated carbocycles. The van der Waals surface area contributed by atoms with Crippen molar-refractivity contribution >= 4 is 5.91 Å². The number of benzene rings is 1. The van der Waals surface area contributed by atoms with E-state index in [2.05, 4.69) is 46.6 Å². The molecule has 1 heterocycles. The van der Waals surface area contributed by atoms with Gasteiger partial charge in [0.25, 0.3) is 5.91 Å². The van der Waals surface area contributed by atoms with Gasteiger partial charge in [0.05, 0.1) is 0 Å². The van der Waals surface area contributed by atoms with Crippen molar-refractivity contribution < 1.29 is 4.79 Å². The summed E-state index contributed by atoms with van der Waals surface area (Å²) in [6.07, 6.45) is 9.51. The van der Waals surface area contributed by atoms with Crippen LogP contribution in [0.3, 0.4) is 0 Å². The van der Waals surface area contributed by atoms with Crippen LogP contribution in [0.4, 0.5) is 0 Å². The molecule has 4 heteroatoms. The normalized spacial score (nSPS) is 19.6. The molecule has 2 aliphatic rings. The van der Waals surface area contributed by atoms with Gasteiger partial charge in [0.1, 0.15) is 11.6 Å². The number of piperidine rings is 1. The summed E-state index contributed by atoms with van der Waals surface area (Å²) in [5.41, 5.74) is 1.64. The number of carbonyl (C=O) groups excluding carboxylic acids is 1. The minimum atomic E-state index is -0.208. The zero-order valence-electron chi connectivity index (χ0n) is 14.8. The molecule has 1 saturated heterocycles. The number of rotatable bonds is 5. The number of nitrogens with one attached hydrogen (secondary N) is 1. The molecule has 0 radical (unpaired) electrons. The average Bonchev–Trinajstić information content (AvgIpc) is 3.15. The number of hydrogen-bond acceptors (Lipinski definition) is 3. The highest BCUT2D eigenvalue weighted by Gasteiger charge is 2.22. The Balaban J connectivity index is 1.49.